The molecule has 0 radical (unpaired) electrons. The molecule has 114 valence electrons. The first-order valence-electron chi connectivity index (χ1n) is 6.73. The summed E-state index contributed by atoms with van der Waals surface area (Å²) in [7, 11) is -0.554. The summed E-state index contributed by atoms with van der Waals surface area (Å²) in [4.78, 5) is 11.2. The van der Waals surface area contributed by atoms with Gasteiger partial charge in [0.05, 0.1) is 16.8 Å². The van der Waals surface area contributed by atoms with E-state index >= 15 is 0 Å². The van der Waals surface area contributed by atoms with Crippen molar-refractivity contribution in [1.82, 2.24) is 0 Å². The van der Waals surface area contributed by atoms with E-state index in [4.69, 9.17) is 20.1 Å². The van der Waals surface area contributed by atoms with Gasteiger partial charge in [-0.05, 0) is 44.1 Å². The fourth-order valence-electron chi connectivity index (χ4n) is 2.01. The Balaban J connectivity index is 2.31. The van der Waals surface area contributed by atoms with Gasteiger partial charge in [0.2, 0.25) is 0 Å². The van der Waals surface area contributed by atoms with Gasteiger partial charge in [0.15, 0.2) is 0 Å². The molecule has 0 aliphatic carbocycles. The van der Waals surface area contributed by atoms with Gasteiger partial charge in [-0.3, -0.25) is 0 Å². The highest BCUT2D eigenvalue weighted by Crippen LogP contribution is 2.38. The molecule has 1 aliphatic rings. The molecule has 2 heterocycles. The van der Waals surface area contributed by atoms with Gasteiger partial charge in [-0.1, -0.05) is 6.08 Å². The van der Waals surface area contributed by atoms with Crippen LogP contribution in [0.4, 0.5) is 0 Å². The number of carboxylic acids is 1. The van der Waals surface area contributed by atoms with Gasteiger partial charge < -0.3 is 20.1 Å². The van der Waals surface area contributed by atoms with Crippen molar-refractivity contribution in [3.63, 3.8) is 0 Å². The molecule has 0 bridgehead atoms. The van der Waals surface area contributed by atoms with Crippen molar-refractivity contribution in [1.29, 1.82) is 0 Å². The third-order valence-corrected chi connectivity index (χ3v) is 4.82. The van der Waals surface area contributed by atoms with Crippen molar-refractivity contribution in [2.75, 3.05) is 6.54 Å². The molecule has 1 aromatic heterocycles. The van der Waals surface area contributed by atoms with Gasteiger partial charge in [-0.2, -0.15) is 11.3 Å². The van der Waals surface area contributed by atoms with Crippen molar-refractivity contribution in [2.45, 2.75) is 38.9 Å². The highest BCUT2D eigenvalue weighted by atomic mass is 32.1. The number of carbonyl (C=O) groups is 1. The normalized spacial score (nSPS) is 20.8. The maximum atomic E-state index is 11.2. The summed E-state index contributed by atoms with van der Waals surface area (Å²) in [5, 5.41) is 12.5. The molecule has 0 aromatic carbocycles. The largest absolute Gasteiger partial charge is 0.491 e. The first-order valence-corrected chi connectivity index (χ1v) is 7.68. The van der Waals surface area contributed by atoms with E-state index in [0.29, 0.717) is 5.56 Å². The van der Waals surface area contributed by atoms with Crippen LogP contribution in [-0.2, 0) is 9.31 Å². The molecule has 2 rings (SSSR count). The van der Waals surface area contributed by atoms with Gasteiger partial charge in [0.25, 0.3) is 0 Å². The zero-order valence-corrected chi connectivity index (χ0v) is 13.5. The van der Waals surface area contributed by atoms with E-state index in [1.54, 1.807) is 16.8 Å². The minimum atomic E-state index is -0.951. The van der Waals surface area contributed by atoms with E-state index in [2.05, 4.69) is 0 Å². The molecule has 3 N–H and O–H groups in total. The molecular formula is C14H20BNO4S. The molecule has 1 aromatic rings. The summed E-state index contributed by atoms with van der Waals surface area (Å²) in [5.41, 5.74) is 6.53. The average molecular weight is 309 g/mol. The van der Waals surface area contributed by atoms with Crippen LogP contribution < -0.4 is 5.73 Å². The second-order valence-electron chi connectivity index (χ2n) is 6.06. The second kappa shape index (κ2) is 5.57. The first kappa shape index (κ1) is 16.2. The van der Waals surface area contributed by atoms with E-state index in [0.717, 1.165) is 5.47 Å². The summed E-state index contributed by atoms with van der Waals surface area (Å²) < 4.78 is 11.9. The zero-order valence-electron chi connectivity index (χ0n) is 12.7. The van der Waals surface area contributed by atoms with Gasteiger partial charge in [-0.15, -0.1) is 0 Å². The lowest BCUT2D eigenvalue weighted by Crippen LogP contribution is -2.41. The van der Waals surface area contributed by atoms with Crippen molar-refractivity contribution in [3.05, 3.63) is 27.4 Å². The number of aromatic carboxylic acids is 1. The van der Waals surface area contributed by atoms with Crippen molar-refractivity contribution < 1.29 is 19.2 Å². The van der Waals surface area contributed by atoms with E-state index in [-0.39, 0.29) is 12.1 Å². The van der Waals surface area contributed by atoms with E-state index in [9.17, 15) is 4.79 Å². The molecule has 0 saturated carbocycles. The highest BCUT2D eigenvalue weighted by Gasteiger charge is 2.52. The van der Waals surface area contributed by atoms with Gasteiger partial charge in [0, 0.05) is 11.9 Å². The lowest BCUT2D eigenvalue weighted by molar-refractivity contribution is 0.00578. The van der Waals surface area contributed by atoms with Gasteiger partial charge >= 0.3 is 13.1 Å². The minimum absolute atomic E-state index is 0.242. The van der Waals surface area contributed by atoms with Crippen LogP contribution in [0, 0.1) is 0 Å². The molecule has 21 heavy (non-hydrogen) atoms. The Morgan fingerprint density at radius 3 is 2.38 bits per heavy atom. The van der Waals surface area contributed by atoms with Crippen LogP contribution in [0.2, 0.25) is 0 Å². The summed E-state index contributed by atoms with van der Waals surface area (Å²) in [5.74, 6) is -0.951. The monoisotopic (exact) mass is 309 g/mol. The van der Waals surface area contributed by atoms with Gasteiger partial charge in [-0.25, -0.2) is 4.79 Å². The molecule has 7 heteroatoms. The SMILES string of the molecule is CC1(C)OB(C(=Cc2cscc2C(=O)O)CN)OC1(C)C. The van der Waals surface area contributed by atoms with Crippen LogP contribution >= 0.6 is 11.3 Å². The summed E-state index contributed by atoms with van der Waals surface area (Å²) in [6.07, 6.45) is 1.75. The molecule has 1 saturated heterocycles. The molecule has 1 fully saturated rings. The van der Waals surface area contributed by atoms with E-state index in [1.807, 2.05) is 27.7 Å². The fourth-order valence-corrected chi connectivity index (χ4v) is 2.79. The lowest BCUT2D eigenvalue weighted by Gasteiger charge is -2.32. The summed E-state index contributed by atoms with van der Waals surface area (Å²) >= 11 is 1.34. The maximum absolute atomic E-state index is 11.2. The van der Waals surface area contributed by atoms with Crippen LogP contribution in [0.5, 0.6) is 0 Å². The lowest BCUT2D eigenvalue weighted by atomic mass is 9.77. The smallest absolute Gasteiger partial charge is 0.478 e. The third kappa shape index (κ3) is 3.06. The number of nitrogens with two attached hydrogens (primary N) is 1. The van der Waals surface area contributed by atoms with E-state index < -0.39 is 24.3 Å². The molecule has 0 atom stereocenters. The first-order chi connectivity index (χ1) is 9.68. The predicted octanol–water partition coefficient (Wildman–Crippen LogP) is 2.42. The molecule has 1 aliphatic heterocycles. The number of hydrogen-bond donors (Lipinski definition) is 2. The van der Waals surface area contributed by atoms with Crippen LogP contribution in [0.25, 0.3) is 6.08 Å². The fraction of sp³-hybridized carbons (Fsp3) is 0.500. The Hall–Kier alpha value is -1.15. The number of rotatable bonds is 4. The Labute approximate surface area is 128 Å². The molecule has 0 spiro atoms. The van der Waals surface area contributed by atoms with Crippen molar-refractivity contribution in [3.8, 4) is 0 Å². The molecular weight excluding hydrogens is 289 g/mol. The van der Waals surface area contributed by atoms with E-state index in [1.165, 1.54) is 11.3 Å². The van der Waals surface area contributed by atoms with Crippen LogP contribution in [0.3, 0.4) is 0 Å². The standard InChI is InChI=1S/C14H20BNO4S/c1-13(2)14(3,4)20-15(19-13)10(6-16)5-9-7-21-8-11(9)12(17)18/h5,7-8H,6,16H2,1-4H3,(H,17,18). The number of thiophene rings is 1. The Morgan fingerprint density at radius 2 is 1.90 bits per heavy atom. The third-order valence-electron chi connectivity index (χ3n) is 4.05. The minimum Gasteiger partial charge on any atom is -0.478 e. The summed E-state index contributed by atoms with van der Waals surface area (Å²) in [6, 6.07) is 0. The quantitative estimate of drug-likeness (QED) is 0.835. The second-order valence-corrected chi connectivity index (χ2v) is 6.80. The number of carboxylic acid groups (broad SMARTS) is 1. The molecule has 5 nitrogen and oxygen atoms in total. The highest BCUT2D eigenvalue weighted by molar-refractivity contribution is 7.08. The van der Waals surface area contributed by atoms with Crippen molar-refractivity contribution in [2.24, 2.45) is 5.73 Å². The average Bonchev–Trinajstić information content (AvgIpc) is 2.89. The summed E-state index contributed by atoms with van der Waals surface area (Å²) in [6.45, 7) is 8.11. The Kier molecular flexibility index (Phi) is 4.30. The zero-order chi connectivity index (χ0) is 15.8. The maximum Gasteiger partial charge on any atom is 0.491 e. The van der Waals surface area contributed by atoms with Crippen molar-refractivity contribution >= 4 is 30.5 Å². The molecule has 0 unspecified atom stereocenters. The van der Waals surface area contributed by atoms with Crippen LogP contribution in [0.1, 0.15) is 43.6 Å². The predicted molar refractivity (Wildman–Crippen MR) is 84.4 cm³/mol. The Bertz CT molecular complexity index is 563. The van der Waals surface area contributed by atoms with Crippen LogP contribution in [0.15, 0.2) is 16.2 Å². The Morgan fingerprint density at radius 1 is 1.33 bits per heavy atom. The topological polar surface area (TPSA) is 81.8 Å². The molecule has 0 amide bonds. The number of hydrogen-bond acceptors (Lipinski definition) is 5. The van der Waals surface area contributed by atoms with Gasteiger partial charge in [0.1, 0.15) is 0 Å². The van der Waals surface area contributed by atoms with Crippen LogP contribution in [-0.4, -0.2) is 35.9 Å².